The fourth-order valence-corrected chi connectivity index (χ4v) is 2.93. The van der Waals surface area contributed by atoms with Crippen molar-refractivity contribution in [2.24, 2.45) is 11.3 Å². The summed E-state index contributed by atoms with van der Waals surface area (Å²) in [5.41, 5.74) is 0.298. The van der Waals surface area contributed by atoms with Gasteiger partial charge in [-0.3, -0.25) is 4.57 Å². The first kappa shape index (κ1) is 15.6. The van der Waals surface area contributed by atoms with Crippen molar-refractivity contribution in [2.45, 2.75) is 58.7 Å². The maximum Gasteiger partial charge on any atom is 0.396 e. The van der Waals surface area contributed by atoms with Crippen molar-refractivity contribution in [2.75, 3.05) is 18.0 Å². The summed E-state index contributed by atoms with van der Waals surface area (Å²) in [5, 5.41) is 7.94. The van der Waals surface area contributed by atoms with Crippen LogP contribution in [0.3, 0.4) is 0 Å². The molecule has 124 valence electrons. The molecule has 3 rings (SSSR count). The highest BCUT2D eigenvalue weighted by atomic mass is 19.4. The summed E-state index contributed by atoms with van der Waals surface area (Å²) in [6.45, 7) is 6.75. The molecular weight excluding hydrogens is 293 g/mol. The average molecular weight is 316 g/mol. The molecule has 7 heteroatoms. The molecule has 4 nitrogen and oxygen atoms in total. The molecule has 1 aliphatic carbocycles. The van der Waals surface area contributed by atoms with Crippen molar-refractivity contribution in [3.8, 4) is 0 Å². The predicted molar refractivity (Wildman–Crippen MR) is 77.7 cm³/mol. The van der Waals surface area contributed by atoms with E-state index in [1.54, 1.807) is 4.57 Å². The number of alkyl halides is 3. The topological polar surface area (TPSA) is 34.0 Å². The largest absolute Gasteiger partial charge is 0.396 e. The van der Waals surface area contributed by atoms with Gasteiger partial charge in [-0.1, -0.05) is 13.8 Å². The number of hydrogen-bond donors (Lipinski definition) is 0. The fourth-order valence-electron chi connectivity index (χ4n) is 2.93. The van der Waals surface area contributed by atoms with Gasteiger partial charge in [0.1, 0.15) is 12.2 Å². The Labute approximate surface area is 128 Å². The van der Waals surface area contributed by atoms with Gasteiger partial charge in [0.25, 0.3) is 0 Å². The van der Waals surface area contributed by atoms with Gasteiger partial charge in [0.15, 0.2) is 0 Å². The molecule has 2 aliphatic rings. The summed E-state index contributed by atoms with van der Waals surface area (Å²) >= 11 is 0. The minimum absolute atomic E-state index is 0.0548. The lowest BCUT2D eigenvalue weighted by atomic mass is 9.83. The third-order valence-electron chi connectivity index (χ3n) is 4.70. The number of piperidine rings is 1. The molecule has 1 aromatic heterocycles. The third-order valence-corrected chi connectivity index (χ3v) is 4.70. The maximum atomic E-state index is 12.7. The second-order valence-corrected chi connectivity index (χ2v) is 7.41. The van der Waals surface area contributed by atoms with Gasteiger partial charge in [-0.25, -0.2) is 0 Å². The van der Waals surface area contributed by atoms with Gasteiger partial charge >= 0.3 is 6.18 Å². The summed E-state index contributed by atoms with van der Waals surface area (Å²) in [5.74, 6) is 1.17. The van der Waals surface area contributed by atoms with E-state index in [2.05, 4.69) is 28.9 Å². The first-order valence-corrected chi connectivity index (χ1v) is 7.97. The van der Waals surface area contributed by atoms with Gasteiger partial charge in [-0.15, -0.1) is 10.2 Å². The first-order valence-electron chi connectivity index (χ1n) is 7.97. The van der Waals surface area contributed by atoms with E-state index in [9.17, 15) is 13.2 Å². The van der Waals surface area contributed by atoms with Crippen LogP contribution in [0, 0.1) is 11.3 Å². The van der Waals surface area contributed by atoms with Crippen LogP contribution in [-0.2, 0) is 13.0 Å². The molecule has 1 aromatic rings. The van der Waals surface area contributed by atoms with Gasteiger partial charge in [-0.2, -0.15) is 13.2 Å². The molecule has 0 bridgehead atoms. The molecule has 0 unspecified atom stereocenters. The molecule has 22 heavy (non-hydrogen) atoms. The highest BCUT2D eigenvalue weighted by molar-refractivity contribution is 5.32. The number of halogens is 3. The van der Waals surface area contributed by atoms with Crippen LogP contribution in [0.1, 0.15) is 45.4 Å². The second kappa shape index (κ2) is 5.42. The third kappa shape index (κ3) is 3.73. The van der Waals surface area contributed by atoms with Crippen LogP contribution in [-0.4, -0.2) is 34.0 Å². The van der Waals surface area contributed by atoms with Crippen LogP contribution in [0.5, 0.6) is 0 Å². The van der Waals surface area contributed by atoms with Gasteiger partial charge in [0.2, 0.25) is 5.95 Å². The van der Waals surface area contributed by atoms with Gasteiger partial charge in [0.05, 0.1) is 0 Å². The van der Waals surface area contributed by atoms with Crippen molar-refractivity contribution in [1.82, 2.24) is 14.8 Å². The summed E-state index contributed by atoms with van der Waals surface area (Å²) in [6.07, 6.45) is -0.996. The van der Waals surface area contributed by atoms with E-state index in [0.29, 0.717) is 23.8 Å². The molecule has 2 heterocycles. The van der Waals surface area contributed by atoms with Crippen LogP contribution in [0.4, 0.5) is 19.1 Å². The molecule has 0 N–H and O–H groups in total. The minimum atomic E-state index is -4.24. The molecule has 0 amide bonds. The van der Waals surface area contributed by atoms with Crippen molar-refractivity contribution in [3.05, 3.63) is 5.82 Å². The quantitative estimate of drug-likeness (QED) is 0.853. The number of nitrogens with zero attached hydrogens (tertiary/aromatic N) is 4. The molecular formula is C15H23F3N4. The van der Waals surface area contributed by atoms with Crippen LogP contribution >= 0.6 is 0 Å². The van der Waals surface area contributed by atoms with Crippen molar-refractivity contribution in [1.29, 1.82) is 0 Å². The highest BCUT2D eigenvalue weighted by Gasteiger charge is 2.35. The molecule has 1 saturated heterocycles. The van der Waals surface area contributed by atoms with E-state index >= 15 is 0 Å². The first-order chi connectivity index (χ1) is 10.2. The molecule has 0 aromatic carbocycles. The summed E-state index contributed by atoms with van der Waals surface area (Å²) in [7, 11) is 0. The maximum absolute atomic E-state index is 12.7. The number of hydrogen-bond acceptors (Lipinski definition) is 3. The molecule has 0 radical (unpaired) electrons. The van der Waals surface area contributed by atoms with E-state index in [-0.39, 0.29) is 5.82 Å². The zero-order valence-electron chi connectivity index (χ0n) is 13.2. The Morgan fingerprint density at radius 1 is 1.14 bits per heavy atom. The molecule has 1 saturated carbocycles. The standard InChI is InChI=1S/C15H23F3N4/c1-14(2)5-7-21(8-6-14)13-20-19-12(9-15(16,17)18)22(13)10-11-3-4-11/h11H,3-10H2,1-2H3. The van der Waals surface area contributed by atoms with E-state index in [1.165, 1.54) is 0 Å². The summed E-state index contributed by atoms with van der Waals surface area (Å²) < 4.78 is 39.9. The predicted octanol–water partition coefficient (Wildman–Crippen LogP) is 3.42. The van der Waals surface area contributed by atoms with Crippen molar-refractivity contribution in [3.63, 3.8) is 0 Å². The van der Waals surface area contributed by atoms with E-state index in [1.807, 2.05) is 0 Å². The normalized spacial score (nSPS) is 22.1. The van der Waals surface area contributed by atoms with Crippen LogP contribution in [0.15, 0.2) is 0 Å². The lowest BCUT2D eigenvalue weighted by Gasteiger charge is -2.37. The summed E-state index contributed by atoms with van der Waals surface area (Å²) in [6, 6.07) is 0. The molecule has 0 spiro atoms. The zero-order chi connectivity index (χ0) is 16.0. The SMILES string of the molecule is CC1(C)CCN(c2nnc(CC(F)(F)F)n2CC2CC2)CC1. The number of rotatable bonds is 4. The highest BCUT2D eigenvalue weighted by Crippen LogP contribution is 2.35. The Balaban J connectivity index is 1.80. The lowest BCUT2D eigenvalue weighted by molar-refractivity contribution is -0.129. The number of anilines is 1. The Morgan fingerprint density at radius 2 is 1.77 bits per heavy atom. The monoisotopic (exact) mass is 316 g/mol. The zero-order valence-corrected chi connectivity index (χ0v) is 13.2. The minimum Gasteiger partial charge on any atom is -0.341 e. The van der Waals surface area contributed by atoms with Crippen LogP contribution < -0.4 is 4.90 Å². The Bertz CT molecular complexity index is 521. The van der Waals surface area contributed by atoms with Gasteiger partial charge in [0, 0.05) is 19.6 Å². The van der Waals surface area contributed by atoms with Crippen LogP contribution in [0.2, 0.25) is 0 Å². The Morgan fingerprint density at radius 3 is 2.32 bits per heavy atom. The van der Waals surface area contributed by atoms with E-state index < -0.39 is 12.6 Å². The molecule has 2 fully saturated rings. The Hall–Kier alpha value is -1.27. The van der Waals surface area contributed by atoms with Crippen LogP contribution in [0.25, 0.3) is 0 Å². The Kier molecular flexibility index (Phi) is 3.85. The van der Waals surface area contributed by atoms with Gasteiger partial charge < -0.3 is 4.90 Å². The number of aromatic nitrogens is 3. The van der Waals surface area contributed by atoms with E-state index in [0.717, 1.165) is 38.8 Å². The molecule has 1 aliphatic heterocycles. The van der Waals surface area contributed by atoms with Crippen molar-refractivity contribution < 1.29 is 13.2 Å². The van der Waals surface area contributed by atoms with Gasteiger partial charge in [-0.05, 0) is 37.0 Å². The van der Waals surface area contributed by atoms with E-state index in [4.69, 9.17) is 0 Å². The molecule has 0 atom stereocenters. The summed E-state index contributed by atoms with van der Waals surface area (Å²) in [4.78, 5) is 2.10. The van der Waals surface area contributed by atoms with Crippen molar-refractivity contribution >= 4 is 5.95 Å². The lowest BCUT2D eigenvalue weighted by Crippen LogP contribution is -2.39. The average Bonchev–Trinajstić information content (AvgIpc) is 3.13. The second-order valence-electron chi connectivity index (χ2n) is 7.41. The fraction of sp³-hybridized carbons (Fsp3) is 0.867. The smallest absolute Gasteiger partial charge is 0.341 e.